The fraction of sp³-hybridized carbons (Fsp3) is 0.714. The number of anilines is 2. The molecular weight excluding hydrogens is 224 g/mol. The quantitative estimate of drug-likeness (QED) is 0.840. The van der Waals surface area contributed by atoms with Crippen molar-refractivity contribution in [3.63, 3.8) is 0 Å². The zero-order valence-corrected chi connectivity index (χ0v) is 11.9. The van der Waals surface area contributed by atoms with Gasteiger partial charge in [-0.1, -0.05) is 6.92 Å². The molecule has 1 fully saturated rings. The van der Waals surface area contributed by atoms with Gasteiger partial charge in [0.1, 0.15) is 17.5 Å². The van der Waals surface area contributed by atoms with Crippen molar-refractivity contribution in [1.82, 2.24) is 9.97 Å². The van der Waals surface area contributed by atoms with Crippen molar-refractivity contribution in [1.29, 1.82) is 0 Å². The molecule has 1 saturated carbocycles. The lowest BCUT2D eigenvalue weighted by molar-refractivity contribution is 0.305. The van der Waals surface area contributed by atoms with E-state index in [0.29, 0.717) is 0 Å². The van der Waals surface area contributed by atoms with Crippen molar-refractivity contribution >= 4 is 11.6 Å². The average Bonchev–Trinajstić information content (AvgIpc) is 2.32. The van der Waals surface area contributed by atoms with Crippen molar-refractivity contribution in [2.45, 2.75) is 58.9 Å². The first-order chi connectivity index (χ1) is 8.58. The highest BCUT2D eigenvalue weighted by Crippen LogP contribution is 2.35. The van der Waals surface area contributed by atoms with Gasteiger partial charge in [0.15, 0.2) is 0 Å². The molecule has 4 nitrogen and oxygen atoms in total. The molecule has 100 valence electrons. The molecule has 18 heavy (non-hydrogen) atoms. The highest BCUT2D eigenvalue weighted by molar-refractivity contribution is 5.58. The summed E-state index contributed by atoms with van der Waals surface area (Å²) >= 11 is 0. The molecule has 0 bridgehead atoms. The van der Waals surface area contributed by atoms with Gasteiger partial charge >= 0.3 is 0 Å². The van der Waals surface area contributed by atoms with Crippen LogP contribution in [0.15, 0.2) is 0 Å². The maximum absolute atomic E-state index is 4.64. The molecule has 2 rings (SSSR count). The summed E-state index contributed by atoms with van der Waals surface area (Å²) < 4.78 is 0. The van der Waals surface area contributed by atoms with E-state index in [4.69, 9.17) is 0 Å². The van der Waals surface area contributed by atoms with Gasteiger partial charge < -0.3 is 10.6 Å². The summed E-state index contributed by atoms with van der Waals surface area (Å²) in [6.45, 7) is 9.43. The Hall–Kier alpha value is -1.32. The lowest BCUT2D eigenvalue weighted by Gasteiger charge is -2.40. The molecule has 0 amide bonds. The molecule has 0 saturated heterocycles. The van der Waals surface area contributed by atoms with Crippen LogP contribution < -0.4 is 10.6 Å². The molecule has 1 aliphatic carbocycles. The van der Waals surface area contributed by atoms with E-state index in [9.17, 15) is 0 Å². The van der Waals surface area contributed by atoms with Crippen molar-refractivity contribution in [3.8, 4) is 0 Å². The summed E-state index contributed by atoms with van der Waals surface area (Å²) in [5, 5.41) is 6.93. The van der Waals surface area contributed by atoms with Gasteiger partial charge in [-0.25, -0.2) is 9.97 Å². The maximum Gasteiger partial charge on any atom is 0.135 e. The van der Waals surface area contributed by atoms with Gasteiger partial charge in [-0.05, 0) is 40.0 Å². The lowest BCUT2D eigenvalue weighted by Crippen LogP contribution is -2.42. The third kappa shape index (κ3) is 2.57. The molecule has 1 aromatic rings. The minimum absolute atomic E-state index is 0.230. The summed E-state index contributed by atoms with van der Waals surface area (Å²) in [6.07, 6.45) is 4.64. The molecule has 0 radical (unpaired) electrons. The van der Waals surface area contributed by atoms with E-state index >= 15 is 0 Å². The summed E-state index contributed by atoms with van der Waals surface area (Å²) in [6, 6.07) is 0. The Labute approximate surface area is 110 Å². The number of rotatable bonds is 5. The summed E-state index contributed by atoms with van der Waals surface area (Å²) in [5.74, 6) is 2.87. The van der Waals surface area contributed by atoms with Crippen LogP contribution in [0.2, 0.25) is 0 Å². The van der Waals surface area contributed by atoms with E-state index in [1.807, 2.05) is 0 Å². The second kappa shape index (κ2) is 5.12. The predicted octanol–water partition coefficient (Wildman–Crippen LogP) is 3.13. The van der Waals surface area contributed by atoms with Crippen LogP contribution in [0.25, 0.3) is 0 Å². The van der Waals surface area contributed by atoms with Crippen LogP contribution in [0.1, 0.15) is 51.4 Å². The summed E-state index contributed by atoms with van der Waals surface area (Å²) in [4.78, 5) is 9.19. The van der Waals surface area contributed by atoms with E-state index in [1.165, 1.54) is 19.3 Å². The molecule has 0 spiro atoms. The largest absolute Gasteiger partial charge is 0.370 e. The van der Waals surface area contributed by atoms with Gasteiger partial charge in [0, 0.05) is 24.1 Å². The fourth-order valence-electron chi connectivity index (χ4n) is 2.30. The average molecular weight is 248 g/mol. The number of hydrogen-bond donors (Lipinski definition) is 2. The molecule has 4 heteroatoms. The lowest BCUT2D eigenvalue weighted by atomic mass is 9.78. The first kappa shape index (κ1) is 13.1. The Bertz CT molecular complexity index is 424. The summed E-state index contributed by atoms with van der Waals surface area (Å²) in [5.41, 5.74) is 1.36. The van der Waals surface area contributed by atoms with Gasteiger partial charge in [-0.15, -0.1) is 0 Å². The van der Waals surface area contributed by atoms with Crippen molar-refractivity contribution in [3.05, 3.63) is 11.4 Å². The number of hydrogen-bond acceptors (Lipinski definition) is 4. The Morgan fingerprint density at radius 2 is 1.83 bits per heavy atom. The molecule has 1 heterocycles. The standard InChI is InChI=1S/C14H24N4/c1-5-11-16-12(15-6-2)10(3)13(17-11)18-14(4)8-7-9-14/h5-9H2,1-4H3,(H2,15,16,17,18). The summed E-state index contributed by atoms with van der Waals surface area (Å²) in [7, 11) is 0. The predicted molar refractivity (Wildman–Crippen MR) is 76.2 cm³/mol. The smallest absolute Gasteiger partial charge is 0.135 e. The van der Waals surface area contributed by atoms with Gasteiger partial charge in [-0.3, -0.25) is 0 Å². The third-order valence-electron chi connectivity index (χ3n) is 3.73. The first-order valence-electron chi connectivity index (χ1n) is 6.97. The van der Waals surface area contributed by atoms with Gasteiger partial charge in [0.05, 0.1) is 0 Å². The zero-order valence-electron chi connectivity index (χ0n) is 11.9. The van der Waals surface area contributed by atoms with Gasteiger partial charge in [0.2, 0.25) is 0 Å². The van der Waals surface area contributed by atoms with E-state index in [-0.39, 0.29) is 5.54 Å². The van der Waals surface area contributed by atoms with Crippen LogP contribution in [-0.2, 0) is 6.42 Å². The van der Waals surface area contributed by atoms with Crippen LogP contribution in [0.5, 0.6) is 0 Å². The van der Waals surface area contributed by atoms with Crippen molar-refractivity contribution in [2.24, 2.45) is 0 Å². The number of nitrogens with one attached hydrogen (secondary N) is 2. The Kier molecular flexibility index (Phi) is 3.73. The molecule has 2 N–H and O–H groups in total. The van der Waals surface area contributed by atoms with E-state index < -0.39 is 0 Å². The van der Waals surface area contributed by atoms with E-state index in [1.54, 1.807) is 0 Å². The molecule has 0 unspecified atom stereocenters. The van der Waals surface area contributed by atoms with E-state index in [2.05, 4.69) is 48.3 Å². The van der Waals surface area contributed by atoms with Crippen LogP contribution >= 0.6 is 0 Å². The highest BCUT2D eigenvalue weighted by atomic mass is 15.1. The number of nitrogens with zero attached hydrogens (tertiary/aromatic N) is 2. The molecule has 1 aliphatic rings. The van der Waals surface area contributed by atoms with Gasteiger partial charge in [0.25, 0.3) is 0 Å². The second-order valence-electron chi connectivity index (χ2n) is 5.39. The van der Waals surface area contributed by atoms with Gasteiger partial charge in [-0.2, -0.15) is 0 Å². The second-order valence-corrected chi connectivity index (χ2v) is 5.39. The number of aryl methyl sites for hydroxylation is 1. The molecule has 0 aromatic carbocycles. The maximum atomic E-state index is 4.64. The number of aromatic nitrogens is 2. The first-order valence-corrected chi connectivity index (χ1v) is 6.97. The van der Waals surface area contributed by atoms with Crippen LogP contribution in [-0.4, -0.2) is 22.1 Å². The molecular formula is C14H24N4. The topological polar surface area (TPSA) is 49.8 Å². The minimum atomic E-state index is 0.230. The molecule has 1 aromatic heterocycles. The van der Waals surface area contributed by atoms with Crippen molar-refractivity contribution in [2.75, 3.05) is 17.2 Å². The highest BCUT2D eigenvalue weighted by Gasteiger charge is 2.32. The normalized spacial score (nSPS) is 17.1. The Morgan fingerprint density at radius 1 is 1.17 bits per heavy atom. The minimum Gasteiger partial charge on any atom is -0.370 e. The SMILES string of the molecule is CCNc1nc(CC)nc(NC2(C)CCC2)c1C. The molecule has 0 aliphatic heterocycles. The van der Waals surface area contributed by atoms with Crippen LogP contribution in [0.4, 0.5) is 11.6 Å². The van der Waals surface area contributed by atoms with E-state index in [0.717, 1.165) is 36.0 Å². The molecule has 0 atom stereocenters. The monoisotopic (exact) mass is 248 g/mol. The Morgan fingerprint density at radius 3 is 2.33 bits per heavy atom. The zero-order chi connectivity index (χ0) is 13.2. The van der Waals surface area contributed by atoms with Crippen LogP contribution in [0.3, 0.4) is 0 Å². The van der Waals surface area contributed by atoms with Crippen LogP contribution in [0, 0.1) is 6.92 Å². The fourth-order valence-corrected chi connectivity index (χ4v) is 2.30. The van der Waals surface area contributed by atoms with Crippen molar-refractivity contribution < 1.29 is 0 Å². The third-order valence-corrected chi connectivity index (χ3v) is 3.73. The Balaban J connectivity index is 2.29.